The Labute approximate surface area is 106 Å². The summed E-state index contributed by atoms with van der Waals surface area (Å²) in [5, 5.41) is 0. The number of pyridine rings is 1. The van der Waals surface area contributed by atoms with Crippen molar-refractivity contribution in [1.29, 1.82) is 0 Å². The molecule has 0 aliphatic carbocycles. The molecule has 88 valence electrons. The van der Waals surface area contributed by atoms with Crippen LogP contribution in [0.3, 0.4) is 0 Å². The van der Waals surface area contributed by atoms with Gasteiger partial charge < -0.3 is 4.57 Å². The highest BCUT2D eigenvalue weighted by Crippen LogP contribution is 2.19. The second-order valence-electron chi connectivity index (χ2n) is 3.85. The highest BCUT2D eigenvalue weighted by Gasteiger charge is 2.03. The molecule has 2 nitrogen and oxygen atoms in total. The van der Waals surface area contributed by atoms with E-state index in [-0.39, 0.29) is 5.50 Å². The minimum absolute atomic E-state index is 0.114. The molecule has 0 aliphatic rings. The number of benzene rings is 1. The zero-order valence-electron chi connectivity index (χ0n) is 9.97. The predicted molar refractivity (Wildman–Crippen MR) is 71.9 cm³/mol. The topological polar surface area (TPSA) is 17.3 Å². The normalized spacial score (nSPS) is 13.7. The molecule has 0 saturated heterocycles. The van der Waals surface area contributed by atoms with E-state index in [4.69, 9.17) is 11.6 Å². The van der Waals surface area contributed by atoms with E-state index in [1.807, 2.05) is 42.0 Å². The predicted octanol–water partition coefficient (Wildman–Crippen LogP) is 3.44. The fourth-order valence-corrected chi connectivity index (χ4v) is 1.94. The summed E-state index contributed by atoms with van der Waals surface area (Å²) < 4.78 is 1.96. The van der Waals surface area contributed by atoms with E-state index in [0.29, 0.717) is 0 Å². The Hall–Kier alpha value is -1.54. The fraction of sp³-hybridized carbons (Fsp3) is 0.214. The third-order valence-corrected chi connectivity index (χ3v) is 2.88. The lowest BCUT2D eigenvalue weighted by Crippen LogP contribution is -2.20. The Morgan fingerprint density at radius 1 is 1.06 bits per heavy atom. The summed E-state index contributed by atoms with van der Waals surface area (Å²) >= 11 is 6.15. The zero-order valence-corrected chi connectivity index (χ0v) is 10.7. The monoisotopic (exact) mass is 246 g/mol. The molecule has 1 aromatic heterocycles. The molecule has 1 heterocycles. The van der Waals surface area contributed by atoms with Crippen LogP contribution in [0.5, 0.6) is 0 Å². The first kappa shape index (κ1) is 11.9. The van der Waals surface area contributed by atoms with Crippen LogP contribution in [-0.4, -0.2) is 11.6 Å². The van der Waals surface area contributed by atoms with Crippen LogP contribution in [-0.2, 0) is 0 Å². The van der Waals surface area contributed by atoms with E-state index in [2.05, 4.69) is 23.2 Å². The molecule has 17 heavy (non-hydrogen) atoms. The van der Waals surface area contributed by atoms with Crippen molar-refractivity contribution in [1.82, 2.24) is 4.57 Å². The van der Waals surface area contributed by atoms with Gasteiger partial charge in [0.2, 0.25) is 0 Å². The number of hydrogen-bond donors (Lipinski definition) is 0. The van der Waals surface area contributed by atoms with Crippen LogP contribution in [0.25, 0.3) is 11.1 Å². The summed E-state index contributed by atoms with van der Waals surface area (Å²) in [6.07, 6.45) is 2.04. The van der Waals surface area contributed by atoms with E-state index < -0.39 is 0 Å². The van der Waals surface area contributed by atoms with E-state index >= 15 is 0 Å². The number of aromatic nitrogens is 1. The summed E-state index contributed by atoms with van der Waals surface area (Å²) in [5.41, 5.74) is 3.09. The second kappa shape index (κ2) is 5.19. The fourth-order valence-electron chi connectivity index (χ4n) is 1.79. The van der Waals surface area contributed by atoms with Gasteiger partial charge >= 0.3 is 0 Å². The van der Waals surface area contributed by atoms with Crippen LogP contribution in [0.2, 0.25) is 0 Å². The van der Waals surface area contributed by atoms with Gasteiger partial charge in [-0.15, -0.1) is 0 Å². The minimum atomic E-state index is -0.114. The largest absolute Gasteiger partial charge is 0.316 e. The number of hydrogen-bond acceptors (Lipinski definition) is 1. The van der Waals surface area contributed by atoms with Gasteiger partial charge in [-0.1, -0.05) is 41.9 Å². The molecule has 2 rings (SSSR count). The molecular formula is C14H15ClN2. The molecule has 1 unspecified atom stereocenters. The summed E-state index contributed by atoms with van der Waals surface area (Å²) in [5.74, 6) is 0. The third kappa shape index (κ3) is 2.59. The van der Waals surface area contributed by atoms with Crippen molar-refractivity contribution in [2.75, 3.05) is 7.05 Å². The van der Waals surface area contributed by atoms with E-state index in [1.165, 1.54) is 5.56 Å². The molecule has 1 aromatic carbocycles. The Kier molecular flexibility index (Phi) is 3.64. The van der Waals surface area contributed by atoms with Crippen molar-refractivity contribution >= 4 is 11.6 Å². The van der Waals surface area contributed by atoms with Crippen molar-refractivity contribution in [3.8, 4) is 11.1 Å². The number of alkyl halides is 1. The maximum absolute atomic E-state index is 6.15. The molecule has 0 spiro atoms. The lowest BCUT2D eigenvalue weighted by atomic mass is 10.1. The molecule has 0 bridgehead atoms. The van der Waals surface area contributed by atoms with E-state index in [1.54, 1.807) is 7.05 Å². The lowest BCUT2D eigenvalue weighted by molar-refractivity contribution is 0.681. The average molecular weight is 247 g/mol. The van der Waals surface area contributed by atoms with Gasteiger partial charge in [-0.05, 0) is 30.2 Å². The third-order valence-electron chi connectivity index (χ3n) is 2.67. The van der Waals surface area contributed by atoms with Gasteiger partial charge in [0.25, 0.3) is 0 Å². The van der Waals surface area contributed by atoms with Crippen LogP contribution < -0.4 is 5.49 Å². The molecule has 0 aliphatic heterocycles. The molecule has 0 amide bonds. The summed E-state index contributed by atoms with van der Waals surface area (Å²) in [7, 11) is 1.77. The first-order valence-corrected chi connectivity index (χ1v) is 6.00. The molecule has 0 saturated carbocycles. The first-order chi connectivity index (χ1) is 8.22. The maximum atomic E-state index is 6.15. The Morgan fingerprint density at radius 2 is 1.76 bits per heavy atom. The van der Waals surface area contributed by atoms with Crippen LogP contribution in [0, 0.1) is 0 Å². The molecule has 2 aromatic rings. The van der Waals surface area contributed by atoms with E-state index in [0.717, 1.165) is 11.1 Å². The van der Waals surface area contributed by atoms with Crippen LogP contribution >= 0.6 is 11.6 Å². The van der Waals surface area contributed by atoms with Gasteiger partial charge in [0.05, 0.1) is 0 Å². The molecule has 3 heteroatoms. The Balaban J connectivity index is 2.56. The lowest BCUT2D eigenvalue weighted by Gasteiger charge is -2.12. The molecule has 0 radical (unpaired) electrons. The van der Waals surface area contributed by atoms with Crippen LogP contribution in [0.15, 0.2) is 53.7 Å². The van der Waals surface area contributed by atoms with Crippen molar-refractivity contribution < 1.29 is 0 Å². The Morgan fingerprint density at radius 3 is 2.35 bits per heavy atom. The maximum Gasteiger partial charge on any atom is 0.128 e. The standard InChI is InChI=1S/C14H15ClN2/c1-11(15)17-10-13(8-9-14(17)16-2)12-6-4-3-5-7-12/h3-11H,1-2H3. The van der Waals surface area contributed by atoms with Crippen LogP contribution in [0.4, 0.5) is 0 Å². The summed E-state index contributed by atoms with van der Waals surface area (Å²) in [4.78, 5) is 4.21. The smallest absolute Gasteiger partial charge is 0.128 e. The van der Waals surface area contributed by atoms with Gasteiger partial charge in [0.15, 0.2) is 0 Å². The number of nitrogens with zero attached hydrogens (tertiary/aromatic N) is 2. The van der Waals surface area contributed by atoms with Crippen molar-refractivity contribution in [3.05, 3.63) is 54.1 Å². The molecule has 0 fully saturated rings. The van der Waals surface area contributed by atoms with Crippen molar-refractivity contribution in [3.63, 3.8) is 0 Å². The van der Waals surface area contributed by atoms with Gasteiger partial charge in [-0.3, -0.25) is 4.99 Å². The molecule has 0 N–H and O–H groups in total. The second-order valence-corrected chi connectivity index (χ2v) is 4.48. The van der Waals surface area contributed by atoms with Gasteiger partial charge in [0.1, 0.15) is 11.0 Å². The molecular weight excluding hydrogens is 232 g/mol. The average Bonchev–Trinajstić information content (AvgIpc) is 2.39. The Bertz CT molecular complexity index is 556. The van der Waals surface area contributed by atoms with Gasteiger partial charge in [-0.2, -0.15) is 0 Å². The summed E-state index contributed by atoms with van der Waals surface area (Å²) in [6, 6.07) is 14.3. The number of rotatable bonds is 2. The van der Waals surface area contributed by atoms with Crippen molar-refractivity contribution in [2.45, 2.75) is 12.4 Å². The highest BCUT2D eigenvalue weighted by molar-refractivity contribution is 6.18. The van der Waals surface area contributed by atoms with Crippen LogP contribution in [0.1, 0.15) is 12.4 Å². The van der Waals surface area contributed by atoms with Gasteiger partial charge in [0, 0.05) is 13.2 Å². The minimum Gasteiger partial charge on any atom is -0.316 e. The quantitative estimate of drug-likeness (QED) is 0.723. The van der Waals surface area contributed by atoms with Gasteiger partial charge in [-0.25, -0.2) is 0 Å². The zero-order chi connectivity index (χ0) is 12.3. The SMILES string of the molecule is CN=c1ccc(-c2ccccc2)cn1C(C)Cl. The van der Waals surface area contributed by atoms with Crippen molar-refractivity contribution in [2.24, 2.45) is 4.99 Å². The van der Waals surface area contributed by atoms with E-state index in [9.17, 15) is 0 Å². The summed E-state index contributed by atoms with van der Waals surface area (Å²) in [6.45, 7) is 1.94. The number of halogens is 1. The first-order valence-electron chi connectivity index (χ1n) is 5.57. The molecule has 1 atom stereocenters. The highest BCUT2D eigenvalue weighted by atomic mass is 35.5.